The summed E-state index contributed by atoms with van der Waals surface area (Å²) in [5, 5.41) is 5.39. The number of carbonyl (C=O) groups is 1. The Morgan fingerprint density at radius 1 is 1.04 bits per heavy atom. The highest BCUT2D eigenvalue weighted by atomic mass is 35.5. The number of carbonyl (C=O) groups excluding carboxylic acids is 1. The van der Waals surface area contributed by atoms with Gasteiger partial charge in [-0.3, -0.25) is 4.79 Å². The summed E-state index contributed by atoms with van der Waals surface area (Å²) in [7, 11) is 0. The Kier molecular flexibility index (Phi) is 4.95. The molecule has 116 valence electrons. The third-order valence-electron chi connectivity index (χ3n) is 3.12. The molecule has 5 heteroatoms. The summed E-state index contributed by atoms with van der Waals surface area (Å²) in [6.07, 6.45) is 0.384. The first-order valence-corrected chi connectivity index (χ1v) is 8.31. The van der Waals surface area contributed by atoms with E-state index in [0.717, 1.165) is 10.6 Å². The Morgan fingerprint density at radius 3 is 2.52 bits per heavy atom. The maximum Gasteiger partial charge on any atom is 0.229 e. The quantitative estimate of drug-likeness (QED) is 0.675. The predicted octanol–water partition coefficient (Wildman–Crippen LogP) is 5.38. The Morgan fingerprint density at radius 2 is 1.83 bits per heavy atom. The van der Waals surface area contributed by atoms with Crippen molar-refractivity contribution in [1.82, 2.24) is 0 Å². The van der Waals surface area contributed by atoms with Crippen LogP contribution < -0.4 is 10.1 Å². The first-order valence-electron chi connectivity index (χ1n) is 7.05. The molecule has 1 amide bonds. The zero-order valence-electron chi connectivity index (χ0n) is 12.2. The van der Waals surface area contributed by atoms with Crippen molar-refractivity contribution in [3.05, 3.63) is 75.9 Å². The van der Waals surface area contributed by atoms with Gasteiger partial charge in [0.15, 0.2) is 0 Å². The topological polar surface area (TPSA) is 38.3 Å². The smallest absolute Gasteiger partial charge is 0.229 e. The van der Waals surface area contributed by atoms with Crippen molar-refractivity contribution >= 4 is 34.5 Å². The zero-order chi connectivity index (χ0) is 16.1. The zero-order valence-corrected chi connectivity index (χ0v) is 13.7. The lowest BCUT2D eigenvalue weighted by atomic mass is 10.2. The second-order valence-electron chi connectivity index (χ2n) is 4.86. The molecule has 3 nitrogen and oxygen atoms in total. The van der Waals surface area contributed by atoms with E-state index in [0.29, 0.717) is 22.9 Å². The second-order valence-corrected chi connectivity index (χ2v) is 6.30. The number of benzene rings is 2. The third kappa shape index (κ3) is 4.34. The molecule has 0 atom stereocenters. The molecule has 0 aliphatic rings. The van der Waals surface area contributed by atoms with E-state index in [4.69, 9.17) is 16.3 Å². The van der Waals surface area contributed by atoms with Gasteiger partial charge in [-0.1, -0.05) is 29.8 Å². The number of rotatable bonds is 5. The summed E-state index contributed by atoms with van der Waals surface area (Å²) in [5.41, 5.74) is 0.734. The predicted molar refractivity (Wildman–Crippen MR) is 94.6 cm³/mol. The number of amides is 1. The maximum absolute atomic E-state index is 11.9. The van der Waals surface area contributed by atoms with Crippen molar-refractivity contribution in [2.45, 2.75) is 6.42 Å². The molecule has 0 saturated carbocycles. The number of nitrogens with one attached hydrogen (secondary N) is 1. The molecule has 3 aromatic rings. The summed E-state index contributed by atoms with van der Waals surface area (Å²) < 4.78 is 5.71. The Labute approximate surface area is 143 Å². The van der Waals surface area contributed by atoms with E-state index in [-0.39, 0.29) is 5.91 Å². The van der Waals surface area contributed by atoms with Crippen molar-refractivity contribution in [3.8, 4) is 11.5 Å². The first kappa shape index (κ1) is 15.6. The summed E-state index contributed by atoms with van der Waals surface area (Å²) in [5.74, 6) is 1.23. The van der Waals surface area contributed by atoms with Gasteiger partial charge in [0.1, 0.15) is 11.5 Å². The van der Waals surface area contributed by atoms with E-state index in [2.05, 4.69) is 5.32 Å². The number of ether oxygens (including phenoxy) is 1. The van der Waals surface area contributed by atoms with Gasteiger partial charge in [0.2, 0.25) is 5.91 Å². The SMILES string of the molecule is O=C(Cc1cccs1)Nc1ccc(Oc2ccccc2Cl)cc1. The number of para-hydroxylation sites is 1. The van der Waals surface area contributed by atoms with Crippen LogP contribution in [0.1, 0.15) is 4.88 Å². The molecule has 0 bridgehead atoms. The van der Waals surface area contributed by atoms with E-state index >= 15 is 0 Å². The number of thiophene rings is 1. The van der Waals surface area contributed by atoms with Crippen LogP contribution in [0.2, 0.25) is 5.02 Å². The summed E-state index contributed by atoms with van der Waals surface area (Å²) in [4.78, 5) is 13.0. The van der Waals surface area contributed by atoms with Crippen LogP contribution >= 0.6 is 22.9 Å². The van der Waals surface area contributed by atoms with E-state index in [9.17, 15) is 4.79 Å². The van der Waals surface area contributed by atoms with Crippen molar-refractivity contribution < 1.29 is 9.53 Å². The van der Waals surface area contributed by atoms with Gasteiger partial charge in [0.05, 0.1) is 11.4 Å². The van der Waals surface area contributed by atoms with Crippen molar-refractivity contribution in [2.24, 2.45) is 0 Å². The lowest BCUT2D eigenvalue weighted by Crippen LogP contribution is -2.13. The number of halogens is 1. The average Bonchev–Trinajstić information content (AvgIpc) is 3.04. The molecule has 0 spiro atoms. The average molecular weight is 344 g/mol. The van der Waals surface area contributed by atoms with Crippen LogP contribution in [0.15, 0.2) is 66.0 Å². The molecule has 1 heterocycles. The molecule has 0 radical (unpaired) electrons. The molecular weight excluding hydrogens is 330 g/mol. The lowest BCUT2D eigenvalue weighted by molar-refractivity contribution is -0.115. The van der Waals surface area contributed by atoms with Crippen LogP contribution in [0.5, 0.6) is 11.5 Å². The molecule has 23 heavy (non-hydrogen) atoms. The van der Waals surface area contributed by atoms with Gasteiger partial charge in [-0.2, -0.15) is 0 Å². The van der Waals surface area contributed by atoms with E-state index < -0.39 is 0 Å². The van der Waals surface area contributed by atoms with Gasteiger partial charge in [0, 0.05) is 10.6 Å². The molecule has 0 saturated heterocycles. The monoisotopic (exact) mass is 343 g/mol. The van der Waals surface area contributed by atoms with E-state index in [1.54, 1.807) is 47.7 Å². The first-order chi connectivity index (χ1) is 11.2. The minimum Gasteiger partial charge on any atom is -0.456 e. The van der Waals surface area contributed by atoms with Gasteiger partial charge in [-0.25, -0.2) is 0 Å². The van der Waals surface area contributed by atoms with Crippen LogP contribution in [-0.4, -0.2) is 5.91 Å². The van der Waals surface area contributed by atoms with Crippen LogP contribution in [0, 0.1) is 0 Å². The summed E-state index contributed by atoms with van der Waals surface area (Å²) in [6, 6.07) is 18.4. The van der Waals surface area contributed by atoms with Crippen LogP contribution in [-0.2, 0) is 11.2 Å². The summed E-state index contributed by atoms with van der Waals surface area (Å²) in [6.45, 7) is 0. The van der Waals surface area contributed by atoms with Gasteiger partial charge in [0.25, 0.3) is 0 Å². The molecule has 3 rings (SSSR count). The minimum atomic E-state index is -0.0350. The van der Waals surface area contributed by atoms with Crippen molar-refractivity contribution in [3.63, 3.8) is 0 Å². The lowest BCUT2D eigenvalue weighted by Gasteiger charge is -2.09. The maximum atomic E-state index is 11.9. The van der Waals surface area contributed by atoms with Gasteiger partial charge in [-0.15, -0.1) is 11.3 Å². The van der Waals surface area contributed by atoms with Crippen LogP contribution in [0.25, 0.3) is 0 Å². The van der Waals surface area contributed by atoms with E-state index in [1.807, 2.05) is 29.6 Å². The Hall–Kier alpha value is -2.30. The molecule has 0 aliphatic heterocycles. The minimum absolute atomic E-state index is 0.0350. The van der Waals surface area contributed by atoms with E-state index in [1.165, 1.54) is 0 Å². The fraction of sp³-hybridized carbons (Fsp3) is 0.0556. The highest BCUT2D eigenvalue weighted by Crippen LogP contribution is 2.29. The molecule has 1 N–H and O–H groups in total. The van der Waals surface area contributed by atoms with Crippen molar-refractivity contribution in [2.75, 3.05) is 5.32 Å². The largest absolute Gasteiger partial charge is 0.456 e. The molecule has 0 unspecified atom stereocenters. The Bertz CT molecular complexity index is 785. The molecule has 2 aromatic carbocycles. The second kappa shape index (κ2) is 7.31. The number of anilines is 1. The fourth-order valence-electron chi connectivity index (χ4n) is 2.04. The molecule has 0 fully saturated rings. The highest BCUT2D eigenvalue weighted by molar-refractivity contribution is 7.10. The normalized spacial score (nSPS) is 10.3. The fourth-order valence-corrected chi connectivity index (χ4v) is 2.92. The number of hydrogen-bond acceptors (Lipinski definition) is 3. The van der Waals surface area contributed by atoms with Crippen LogP contribution in [0.3, 0.4) is 0 Å². The van der Waals surface area contributed by atoms with Gasteiger partial charge < -0.3 is 10.1 Å². The van der Waals surface area contributed by atoms with Crippen LogP contribution in [0.4, 0.5) is 5.69 Å². The molecule has 1 aromatic heterocycles. The third-order valence-corrected chi connectivity index (χ3v) is 4.31. The summed E-state index contributed by atoms with van der Waals surface area (Å²) >= 11 is 7.63. The van der Waals surface area contributed by atoms with Gasteiger partial charge >= 0.3 is 0 Å². The Balaban J connectivity index is 1.61. The van der Waals surface area contributed by atoms with Gasteiger partial charge in [-0.05, 0) is 47.8 Å². The van der Waals surface area contributed by atoms with Crippen molar-refractivity contribution in [1.29, 1.82) is 0 Å². The molecular formula is C18H14ClNO2S. The highest BCUT2D eigenvalue weighted by Gasteiger charge is 2.06. The standard InChI is InChI=1S/C18H14ClNO2S/c19-16-5-1-2-6-17(16)22-14-9-7-13(8-10-14)20-18(21)12-15-4-3-11-23-15/h1-11H,12H2,(H,20,21). The number of hydrogen-bond donors (Lipinski definition) is 1. The molecule has 0 aliphatic carbocycles.